The first kappa shape index (κ1) is 10.7. The molecule has 0 amide bonds. The Bertz CT molecular complexity index is 302. The van der Waals surface area contributed by atoms with Crippen LogP contribution in [0.15, 0.2) is 24.3 Å². The summed E-state index contributed by atoms with van der Waals surface area (Å²) >= 11 is 0. The van der Waals surface area contributed by atoms with Crippen molar-refractivity contribution in [1.82, 2.24) is 5.32 Å². The molecule has 1 aromatic carbocycles. The third-order valence-electron chi connectivity index (χ3n) is 3.50. The van der Waals surface area contributed by atoms with Crippen LogP contribution < -0.4 is 5.32 Å². The predicted molar refractivity (Wildman–Crippen MR) is 65.2 cm³/mol. The molecule has 0 spiro atoms. The van der Waals surface area contributed by atoms with E-state index >= 15 is 0 Å². The second-order valence-electron chi connectivity index (χ2n) is 4.72. The second kappa shape index (κ2) is 4.80. The van der Waals surface area contributed by atoms with E-state index in [2.05, 4.69) is 43.4 Å². The highest BCUT2D eigenvalue weighted by molar-refractivity contribution is 5.26. The molecule has 1 N–H and O–H groups in total. The van der Waals surface area contributed by atoms with Crippen LogP contribution >= 0.6 is 0 Å². The maximum Gasteiger partial charge on any atom is 0.00234 e. The number of benzene rings is 1. The SMILES string of the molecule is CCC[C@@H]1CNC[C@@H]1c1ccc(C)cc1. The summed E-state index contributed by atoms with van der Waals surface area (Å²) in [6, 6.07) is 9.07. The van der Waals surface area contributed by atoms with Gasteiger partial charge in [0.25, 0.3) is 0 Å². The normalized spacial score (nSPS) is 25.7. The van der Waals surface area contributed by atoms with E-state index in [9.17, 15) is 0 Å². The lowest BCUT2D eigenvalue weighted by molar-refractivity contribution is 0.473. The van der Waals surface area contributed by atoms with Crippen molar-refractivity contribution >= 4 is 0 Å². The van der Waals surface area contributed by atoms with Gasteiger partial charge in [-0.2, -0.15) is 0 Å². The van der Waals surface area contributed by atoms with Crippen molar-refractivity contribution in [2.24, 2.45) is 5.92 Å². The van der Waals surface area contributed by atoms with Gasteiger partial charge in [0.2, 0.25) is 0 Å². The number of rotatable bonds is 3. The Balaban J connectivity index is 2.11. The van der Waals surface area contributed by atoms with Gasteiger partial charge in [-0.3, -0.25) is 0 Å². The molecule has 0 aromatic heterocycles. The number of aryl methyl sites for hydroxylation is 1. The largest absolute Gasteiger partial charge is 0.316 e. The quantitative estimate of drug-likeness (QED) is 0.796. The number of hydrogen-bond acceptors (Lipinski definition) is 1. The summed E-state index contributed by atoms with van der Waals surface area (Å²) in [4.78, 5) is 0. The minimum Gasteiger partial charge on any atom is -0.316 e. The van der Waals surface area contributed by atoms with Crippen molar-refractivity contribution in [3.05, 3.63) is 35.4 Å². The lowest BCUT2D eigenvalue weighted by Crippen LogP contribution is -2.10. The van der Waals surface area contributed by atoms with Crippen molar-refractivity contribution in [3.63, 3.8) is 0 Å². The molecule has 1 aliphatic rings. The van der Waals surface area contributed by atoms with Crippen LogP contribution in [0.2, 0.25) is 0 Å². The fourth-order valence-corrected chi connectivity index (χ4v) is 2.61. The average Bonchev–Trinajstić information content (AvgIpc) is 2.68. The van der Waals surface area contributed by atoms with Gasteiger partial charge in [-0.1, -0.05) is 43.2 Å². The van der Waals surface area contributed by atoms with Gasteiger partial charge in [0.1, 0.15) is 0 Å². The van der Waals surface area contributed by atoms with E-state index in [-0.39, 0.29) is 0 Å². The molecule has 0 radical (unpaired) electrons. The molecular formula is C14H21N. The lowest BCUT2D eigenvalue weighted by Gasteiger charge is -2.18. The molecule has 1 aliphatic heterocycles. The molecule has 15 heavy (non-hydrogen) atoms. The van der Waals surface area contributed by atoms with Crippen LogP contribution in [0.1, 0.15) is 36.8 Å². The van der Waals surface area contributed by atoms with Crippen LogP contribution in [-0.4, -0.2) is 13.1 Å². The Morgan fingerprint density at radius 3 is 2.60 bits per heavy atom. The highest BCUT2D eigenvalue weighted by Gasteiger charge is 2.27. The summed E-state index contributed by atoms with van der Waals surface area (Å²) in [5.74, 6) is 1.59. The number of hydrogen-bond donors (Lipinski definition) is 1. The number of nitrogens with one attached hydrogen (secondary N) is 1. The smallest absolute Gasteiger partial charge is 0.00234 e. The Hall–Kier alpha value is -0.820. The van der Waals surface area contributed by atoms with Crippen LogP contribution in [0.5, 0.6) is 0 Å². The standard InChI is InChI=1S/C14H21N/c1-3-4-13-9-15-10-14(13)12-7-5-11(2)6-8-12/h5-8,13-15H,3-4,9-10H2,1-2H3/t13-,14-/m1/s1. The van der Waals surface area contributed by atoms with Gasteiger partial charge in [-0.05, 0) is 31.4 Å². The first-order valence-corrected chi connectivity index (χ1v) is 6.08. The summed E-state index contributed by atoms with van der Waals surface area (Å²) in [6.07, 6.45) is 2.65. The van der Waals surface area contributed by atoms with E-state index in [1.165, 1.54) is 30.5 Å². The maximum absolute atomic E-state index is 3.52. The Labute approximate surface area is 92.9 Å². The molecule has 1 nitrogen and oxygen atoms in total. The molecule has 1 heterocycles. The molecule has 82 valence electrons. The minimum absolute atomic E-state index is 0.741. The van der Waals surface area contributed by atoms with Gasteiger partial charge in [-0.15, -0.1) is 0 Å². The Morgan fingerprint density at radius 2 is 1.93 bits per heavy atom. The van der Waals surface area contributed by atoms with Crippen molar-refractivity contribution in [2.45, 2.75) is 32.6 Å². The molecule has 0 bridgehead atoms. The molecule has 1 saturated heterocycles. The first-order chi connectivity index (χ1) is 7.31. The first-order valence-electron chi connectivity index (χ1n) is 6.08. The minimum atomic E-state index is 0.741. The molecule has 1 fully saturated rings. The van der Waals surface area contributed by atoms with Gasteiger partial charge in [0.15, 0.2) is 0 Å². The Kier molecular flexibility index (Phi) is 3.42. The Morgan fingerprint density at radius 1 is 1.20 bits per heavy atom. The third-order valence-corrected chi connectivity index (χ3v) is 3.50. The van der Waals surface area contributed by atoms with E-state index < -0.39 is 0 Å². The molecule has 0 saturated carbocycles. The van der Waals surface area contributed by atoms with Gasteiger partial charge < -0.3 is 5.32 Å². The highest BCUT2D eigenvalue weighted by Crippen LogP contribution is 2.31. The third kappa shape index (κ3) is 2.40. The zero-order valence-corrected chi connectivity index (χ0v) is 9.79. The summed E-state index contributed by atoms with van der Waals surface area (Å²) in [5, 5.41) is 3.52. The van der Waals surface area contributed by atoms with Crippen LogP contribution in [-0.2, 0) is 0 Å². The van der Waals surface area contributed by atoms with E-state index in [0.29, 0.717) is 0 Å². The maximum atomic E-state index is 3.52. The predicted octanol–water partition coefficient (Wildman–Crippen LogP) is 3.10. The monoisotopic (exact) mass is 203 g/mol. The fourth-order valence-electron chi connectivity index (χ4n) is 2.61. The van der Waals surface area contributed by atoms with Gasteiger partial charge >= 0.3 is 0 Å². The molecule has 2 rings (SSSR count). The zero-order chi connectivity index (χ0) is 10.7. The fraction of sp³-hybridized carbons (Fsp3) is 0.571. The van der Waals surface area contributed by atoms with E-state index in [1.54, 1.807) is 0 Å². The summed E-state index contributed by atoms with van der Waals surface area (Å²) < 4.78 is 0. The molecule has 0 aliphatic carbocycles. The van der Waals surface area contributed by atoms with E-state index in [4.69, 9.17) is 0 Å². The topological polar surface area (TPSA) is 12.0 Å². The molecule has 2 atom stereocenters. The molecule has 1 heteroatoms. The van der Waals surface area contributed by atoms with Crippen LogP contribution in [0, 0.1) is 12.8 Å². The average molecular weight is 203 g/mol. The molecule has 1 aromatic rings. The van der Waals surface area contributed by atoms with E-state index in [0.717, 1.165) is 18.4 Å². The van der Waals surface area contributed by atoms with Gasteiger partial charge in [-0.25, -0.2) is 0 Å². The van der Waals surface area contributed by atoms with Crippen molar-refractivity contribution in [2.75, 3.05) is 13.1 Å². The van der Waals surface area contributed by atoms with Crippen LogP contribution in [0.4, 0.5) is 0 Å². The summed E-state index contributed by atoms with van der Waals surface area (Å²) in [5.41, 5.74) is 2.88. The summed E-state index contributed by atoms with van der Waals surface area (Å²) in [7, 11) is 0. The van der Waals surface area contributed by atoms with Gasteiger partial charge in [0, 0.05) is 12.5 Å². The van der Waals surface area contributed by atoms with Crippen LogP contribution in [0.3, 0.4) is 0 Å². The summed E-state index contributed by atoms with van der Waals surface area (Å²) in [6.45, 7) is 6.80. The van der Waals surface area contributed by atoms with Crippen molar-refractivity contribution < 1.29 is 0 Å². The highest BCUT2D eigenvalue weighted by atomic mass is 14.9. The zero-order valence-electron chi connectivity index (χ0n) is 9.79. The molecule has 0 unspecified atom stereocenters. The van der Waals surface area contributed by atoms with Crippen molar-refractivity contribution in [1.29, 1.82) is 0 Å². The lowest BCUT2D eigenvalue weighted by atomic mass is 9.86. The van der Waals surface area contributed by atoms with Crippen LogP contribution in [0.25, 0.3) is 0 Å². The van der Waals surface area contributed by atoms with Gasteiger partial charge in [0.05, 0.1) is 0 Å². The van der Waals surface area contributed by atoms with Crippen molar-refractivity contribution in [3.8, 4) is 0 Å². The second-order valence-corrected chi connectivity index (χ2v) is 4.72. The molecular weight excluding hydrogens is 182 g/mol. The van der Waals surface area contributed by atoms with E-state index in [1.807, 2.05) is 0 Å².